The van der Waals surface area contributed by atoms with Gasteiger partial charge in [-0.2, -0.15) is 0 Å². The highest BCUT2D eigenvalue weighted by Crippen LogP contribution is 2.29. The molecule has 1 rings (SSSR count). The zero-order valence-corrected chi connectivity index (χ0v) is 8.97. The minimum absolute atomic E-state index is 0.318. The maximum atomic E-state index is 11.6. The number of allylic oxidation sites excluding steroid dienone is 2. The van der Waals surface area contributed by atoms with Gasteiger partial charge < -0.3 is 0 Å². The van der Waals surface area contributed by atoms with Gasteiger partial charge in [-0.15, -0.1) is 0 Å². The topological polar surface area (TPSA) is 17.1 Å². The summed E-state index contributed by atoms with van der Waals surface area (Å²) in [7, 11) is 0. The van der Waals surface area contributed by atoms with Crippen molar-refractivity contribution in [3.8, 4) is 0 Å². The molecule has 0 radical (unpaired) electrons. The number of rotatable bonds is 3. The fourth-order valence-corrected chi connectivity index (χ4v) is 1.92. The van der Waals surface area contributed by atoms with Crippen LogP contribution in [-0.2, 0) is 4.79 Å². The van der Waals surface area contributed by atoms with Crippen LogP contribution in [0.5, 0.6) is 0 Å². The lowest BCUT2D eigenvalue weighted by atomic mass is 9.80. The van der Waals surface area contributed by atoms with Crippen molar-refractivity contribution in [3.05, 3.63) is 11.6 Å². The number of carbonyl (C=O) groups excluding carboxylic acids is 1. The van der Waals surface area contributed by atoms with Crippen LogP contribution in [0.25, 0.3) is 0 Å². The summed E-state index contributed by atoms with van der Waals surface area (Å²) in [6.45, 7) is 6.47. The summed E-state index contributed by atoms with van der Waals surface area (Å²) in [5.41, 5.74) is 1.26. The standard InChI is InChI=1S/C12H20O/c1-4-5-6-11-7-9(2)10(3)8-12(11)13/h8-9,11H,4-7H2,1-3H3. The first-order chi connectivity index (χ1) is 6.15. The van der Waals surface area contributed by atoms with Gasteiger partial charge in [-0.3, -0.25) is 4.79 Å². The largest absolute Gasteiger partial charge is 0.295 e. The van der Waals surface area contributed by atoms with E-state index >= 15 is 0 Å². The number of ketones is 1. The van der Waals surface area contributed by atoms with Gasteiger partial charge in [-0.1, -0.05) is 32.3 Å². The summed E-state index contributed by atoms with van der Waals surface area (Å²) >= 11 is 0. The van der Waals surface area contributed by atoms with Crippen LogP contribution >= 0.6 is 0 Å². The Bertz CT molecular complexity index is 215. The second-order valence-electron chi connectivity index (χ2n) is 4.27. The van der Waals surface area contributed by atoms with E-state index in [9.17, 15) is 4.79 Å². The molecule has 74 valence electrons. The van der Waals surface area contributed by atoms with E-state index in [-0.39, 0.29) is 0 Å². The van der Waals surface area contributed by atoms with Crippen LogP contribution in [0.2, 0.25) is 0 Å². The van der Waals surface area contributed by atoms with Gasteiger partial charge in [-0.05, 0) is 31.8 Å². The maximum Gasteiger partial charge on any atom is 0.158 e. The highest BCUT2D eigenvalue weighted by atomic mass is 16.1. The Morgan fingerprint density at radius 2 is 2.23 bits per heavy atom. The van der Waals surface area contributed by atoms with Crippen LogP contribution in [-0.4, -0.2) is 5.78 Å². The van der Waals surface area contributed by atoms with Crippen LogP contribution in [0.3, 0.4) is 0 Å². The van der Waals surface area contributed by atoms with Gasteiger partial charge in [0, 0.05) is 5.92 Å². The fraction of sp³-hybridized carbons (Fsp3) is 0.750. The van der Waals surface area contributed by atoms with Crippen molar-refractivity contribution < 1.29 is 4.79 Å². The normalized spacial score (nSPS) is 28.8. The summed E-state index contributed by atoms with van der Waals surface area (Å²) in [6.07, 6.45) is 6.40. The molecule has 0 bridgehead atoms. The lowest BCUT2D eigenvalue weighted by Gasteiger charge is -2.24. The first-order valence-electron chi connectivity index (χ1n) is 5.37. The molecule has 2 atom stereocenters. The van der Waals surface area contributed by atoms with Crippen molar-refractivity contribution >= 4 is 5.78 Å². The third-order valence-electron chi connectivity index (χ3n) is 3.09. The monoisotopic (exact) mass is 180 g/mol. The quantitative estimate of drug-likeness (QED) is 0.651. The van der Waals surface area contributed by atoms with Crippen molar-refractivity contribution in [3.63, 3.8) is 0 Å². The van der Waals surface area contributed by atoms with Gasteiger partial charge in [-0.25, -0.2) is 0 Å². The van der Waals surface area contributed by atoms with Crippen LogP contribution in [0.4, 0.5) is 0 Å². The average Bonchev–Trinajstić information content (AvgIpc) is 2.09. The van der Waals surface area contributed by atoms with Gasteiger partial charge in [0.2, 0.25) is 0 Å². The molecular formula is C12H20O. The summed E-state index contributed by atoms with van der Waals surface area (Å²) in [5.74, 6) is 1.29. The predicted molar refractivity (Wildman–Crippen MR) is 55.6 cm³/mol. The molecule has 0 heterocycles. The van der Waals surface area contributed by atoms with Crippen molar-refractivity contribution in [2.75, 3.05) is 0 Å². The zero-order chi connectivity index (χ0) is 9.84. The molecule has 0 saturated carbocycles. The number of hydrogen-bond donors (Lipinski definition) is 0. The van der Waals surface area contributed by atoms with Gasteiger partial charge in [0.25, 0.3) is 0 Å². The molecule has 0 spiro atoms. The Hall–Kier alpha value is -0.590. The number of unbranched alkanes of at least 4 members (excludes halogenated alkanes) is 1. The molecule has 0 aliphatic heterocycles. The molecule has 13 heavy (non-hydrogen) atoms. The summed E-state index contributed by atoms with van der Waals surface area (Å²) < 4.78 is 0. The Morgan fingerprint density at radius 1 is 1.54 bits per heavy atom. The molecule has 1 nitrogen and oxygen atoms in total. The second-order valence-corrected chi connectivity index (χ2v) is 4.27. The van der Waals surface area contributed by atoms with Gasteiger partial charge in [0.05, 0.1) is 0 Å². The van der Waals surface area contributed by atoms with E-state index < -0.39 is 0 Å². The Kier molecular flexibility index (Phi) is 3.71. The highest BCUT2D eigenvalue weighted by molar-refractivity contribution is 5.93. The van der Waals surface area contributed by atoms with E-state index in [4.69, 9.17) is 0 Å². The molecule has 0 saturated heterocycles. The second kappa shape index (κ2) is 4.59. The van der Waals surface area contributed by atoms with Gasteiger partial charge in [0.15, 0.2) is 5.78 Å². The van der Waals surface area contributed by atoms with Crippen LogP contribution in [0.1, 0.15) is 46.5 Å². The maximum absolute atomic E-state index is 11.6. The molecule has 1 aliphatic rings. The molecule has 0 aromatic carbocycles. The Labute approximate surface area is 81.2 Å². The van der Waals surface area contributed by atoms with Crippen molar-refractivity contribution in [2.45, 2.75) is 46.5 Å². The smallest absolute Gasteiger partial charge is 0.158 e. The number of carbonyl (C=O) groups is 1. The van der Waals surface area contributed by atoms with E-state index in [1.807, 2.05) is 6.08 Å². The summed E-state index contributed by atoms with van der Waals surface area (Å²) in [6, 6.07) is 0. The molecule has 2 unspecified atom stereocenters. The van der Waals surface area contributed by atoms with Gasteiger partial charge >= 0.3 is 0 Å². The molecule has 0 amide bonds. The molecule has 0 aromatic heterocycles. The molecular weight excluding hydrogens is 160 g/mol. The molecule has 1 heteroatoms. The van der Waals surface area contributed by atoms with Crippen LogP contribution < -0.4 is 0 Å². The third-order valence-corrected chi connectivity index (χ3v) is 3.09. The zero-order valence-electron chi connectivity index (χ0n) is 8.97. The Balaban J connectivity index is 2.55. The van der Waals surface area contributed by atoms with E-state index in [2.05, 4.69) is 20.8 Å². The van der Waals surface area contributed by atoms with E-state index in [1.54, 1.807) is 0 Å². The average molecular weight is 180 g/mol. The first-order valence-corrected chi connectivity index (χ1v) is 5.37. The first kappa shape index (κ1) is 10.5. The van der Waals surface area contributed by atoms with Crippen LogP contribution in [0, 0.1) is 11.8 Å². The van der Waals surface area contributed by atoms with E-state index in [0.29, 0.717) is 17.6 Å². The molecule has 1 aliphatic carbocycles. The van der Waals surface area contributed by atoms with Crippen molar-refractivity contribution in [2.24, 2.45) is 11.8 Å². The minimum Gasteiger partial charge on any atom is -0.295 e. The molecule has 0 fully saturated rings. The highest BCUT2D eigenvalue weighted by Gasteiger charge is 2.24. The van der Waals surface area contributed by atoms with E-state index in [1.165, 1.54) is 18.4 Å². The number of hydrogen-bond acceptors (Lipinski definition) is 1. The predicted octanol–water partition coefficient (Wildman–Crippen LogP) is 3.35. The van der Waals surface area contributed by atoms with Crippen LogP contribution in [0.15, 0.2) is 11.6 Å². The van der Waals surface area contributed by atoms with Crippen molar-refractivity contribution in [1.82, 2.24) is 0 Å². The summed E-state index contributed by atoms with van der Waals surface area (Å²) in [4.78, 5) is 11.6. The van der Waals surface area contributed by atoms with Gasteiger partial charge in [0.1, 0.15) is 0 Å². The third kappa shape index (κ3) is 2.68. The SMILES string of the molecule is CCCCC1CC(C)C(C)=CC1=O. The van der Waals surface area contributed by atoms with Crippen molar-refractivity contribution in [1.29, 1.82) is 0 Å². The molecule has 0 aromatic rings. The van der Waals surface area contributed by atoms with E-state index in [0.717, 1.165) is 12.8 Å². The Morgan fingerprint density at radius 3 is 2.85 bits per heavy atom. The minimum atomic E-state index is 0.318. The summed E-state index contributed by atoms with van der Waals surface area (Å²) in [5, 5.41) is 0. The lowest BCUT2D eigenvalue weighted by molar-refractivity contribution is -0.119. The molecule has 0 N–H and O–H groups in total. The fourth-order valence-electron chi connectivity index (χ4n) is 1.92. The lowest BCUT2D eigenvalue weighted by Crippen LogP contribution is -2.21.